The highest BCUT2D eigenvalue weighted by atomic mass is 32.1. The standard InChI is InChI=1S/C20H16N2OS/c23-14-18-19(21-20-22(18)12-13-24-20)17-10-8-16(9-11-17)7-6-15-4-2-1-3-5-15/h1-5,8-14H,6-7H2. The van der Waals surface area contributed by atoms with E-state index in [1.54, 1.807) is 0 Å². The van der Waals surface area contributed by atoms with Gasteiger partial charge in [0.25, 0.3) is 0 Å². The normalized spacial score (nSPS) is 11.0. The number of benzene rings is 2. The molecule has 2 aromatic carbocycles. The van der Waals surface area contributed by atoms with Crippen molar-refractivity contribution in [1.29, 1.82) is 0 Å². The Morgan fingerprint density at radius 1 is 0.958 bits per heavy atom. The summed E-state index contributed by atoms with van der Waals surface area (Å²) in [5, 5.41) is 1.94. The molecule has 0 saturated carbocycles. The van der Waals surface area contributed by atoms with Crippen molar-refractivity contribution in [3.8, 4) is 11.3 Å². The largest absolute Gasteiger partial charge is 0.296 e. The van der Waals surface area contributed by atoms with Gasteiger partial charge in [-0.25, -0.2) is 4.98 Å². The number of rotatable bonds is 5. The number of aryl methyl sites for hydroxylation is 2. The topological polar surface area (TPSA) is 34.4 Å². The number of imidazole rings is 1. The Balaban J connectivity index is 1.56. The third-order valence-electron chi connectivity index (χ3n) is 4.18. The molecule has 4 heteroatoms. The fourth-order valence-electron chi connectivity index (χ4n) is 2.89. The van der Waals surface area contributed by atoms with E-state index in [0.29, 0.717) is 5.69 Å². The summed E-state index contributed by atoms with van der Waals surface area (Å²) in [7, 11) is 0. The van der Waals surface area contributed by atoms with Crippen LogP contribution in [0.4, 0.5) is 0 Å². The average Bonchev–Trinajstić information content (AvgIpc) is 3.22. The van der Waals surface area contributed by atoms with Crippen LogP contribution in [0.1, 0.15) is 21.6 Å². The van der Waals surface area contributed by atoms with Crippen LogP contribution in [0.15, 0.2) is 66.2 Å². The molecule has 0 unspecified atom stereocenters. The SMILES string of the molecule is O=Cc1c(-c2ccc(CCc3ccccc3)cc2)nc2sccn12. The number of thiazole rings is 1. The minimum absolute atomic E-state index is 0.614. The van der Waals surface area contributed by atoms with E-state index in [1.807, 2.05) is 22.0 Å². The number of fused-ring (bicyclic) bond motifs is 1. The second-order valence-electron chi connectivity index (χ2n) is 5.70. The van der Waals surface area contributed by atoms with Crippen LogP contribution >= 0.6 is 11.3 Å². The lowest BCUT2D eigenvalue weighted by Gasteiger charge is -2.04. The van der Waals surface area contributed by atoms with E-state index in [-0.39, 0.29) is 0 Å². The Bertz CT molecular complexity index is 968. The molecule has 0 atom stereocenters. The Hall–Kier alpha value is -2.72. The van der Waals surface area contributed by atoms with Crippen molar-refractivity contribution in [2.24, 2.45) is 0 Å². The van der Waals surface area contributed by atoms with Gasteiger partial charge in [0.05, 0.1) is 0 Å². The molecular formula is C20H16N2OS. The third-order valence-corrected chi connectivity index (χ3v) is 4.94. The molecule has 4 aromatic rings. The summed E-state index contributed by atoms with van der Waals surface area (Å²) >= 11 is 1.53. The molecule has 2 aromatic heterocycles. The highest BCUT2D eigenvalue weighted by molar-refractivity contribution is 7.15. The molecule has 2 heterocycles. The molecule has 118 valence electrons. The van der Waals surface area contributed by atoms with Crippen molar-refractivity contribution < 1.29 is 4.79 Å². The second-order valence-corrected chi connectivity index (χ2v) is 6.57. The van der Waals surface area contributed by atoms with Crippen LogP contribution < -0.4 is 0 Å². The maximum Gasteiger partial charge on any atom is 0.194 e. The van der Waals surface area contributed by atoms with E-state index in [4.69, 9.17) is 0 Å². The van der Waals surface area contributed by atoms with E-state index < -0.39 is 0 Å². The first-order valence-electron chi connectivity index (χ1n) is 7.89. The predicted molar refractivity (Wildman–Crippen MR) is 97.7 cm³/mol. The lowest BCUT2D eigenvalue weighted by Crippen LogP contribution is -1.92. The van der Waals surface area contributed by atoms with E-state index >= 15 is 0 Å². The maximum absolute atomic E-state index is 11.4. The fourth-order valence-corrected chi connectivity index (χ4v) is 3.61. The fraction of sp³-hybridized carbons (Fsp3) is 0.100. The van der Waals surface area contributed by atoms with Crippen molar-refractivity contribution in [3.63, 3.8) is 0 Å². The second kappa shape index (κ2) is 6.42. The van der Waals surface area contributed by atoms with Crippen molar-refractivity contribution >= 4 is 22.6 Å². The van der Waals surface area contributed by atoms with Gasteiger partial charge in [-0.05, 0) is 24.0 Å². The molecule has 0 amide bonds. The lowest BCUT2D eigenvalue weighted by molar-refractivity contribution is 0.111. The molecule has 0 radical (unpaired) electrons. The van der Waals surface area contributed by atoms with Gasteiger partial charge in [0.15, 0.2) is 11.2 Å². The summed E-state index contributed by atoms with van der Waals surface area (Å²) in [6, 6.07) is 18.9. The maximum atomic E-state index is 11.4. The quantitative estimate of drug-likeness (QED) is 0.498. The van der Waals surface area contributed by atoms with Crippen LogP contribution in [0.5, 0.6) is 0 Å². The molecule has 0 aliphatic carbocycles. The number of hydrogen-bond donors (Lipinski definition) is 0. The van der Waals surface area contributed by atoms with E-state index in [1.165, 1.54) is 22.5 Å². The van der Waals surface area contributed by atoms with Gasteiger partial charge in [0.2, 0.25) is 0 Å². The first-order valence-corrected chi connectivity index (χ1v) is 8.77. The van der Waals surface area contributed by atoms with Gasteiger partial charge >= 0.3 is 0 Å². The van der Waals surface area contributed by atoms with Crippen LogP contribution in [0.3, 0.4) is 0 Å². The van der Waals surface area contributed by atoms with E-state index in [0.717, 1.165) is 35.3 Å². The van der Waals surface area contributed by atoms with Crippen molar-refractivity contribution in [1.82, 2.24) is 9.38 Å². The van der Waals surface area contributed by atoms with Crippen LogP contribution in [0.2, 0.25) is 0 Å². The summed E-state index contributed by atoms with van der Waals surface area (Å²) in [4.78, 5) is 16.9. The van der Waals surface area contributed by atoms with Gasteiger partial charge in [-0.3, -0.25) is 9.20 Å². The Morgan fingerprint density at radius 2 is 1.67 bits per heavy atom. The molecular weight excluding hydrogens is 316 g/mol. The van der Waals surface area contributed by atoms with Crippen LogP contribution in [-0.2, 0) is 12.8 Å². The zero-order valence-corrected chi connectivity index (χ0v) is 13.9. The lowest BCUT2D eigenvalue weighted by atomic mass is 10.0. The number of hydrogen-bond acceptors (Lipinski definition) is 3. The van der Waals surface area contributed by atoms with Crippen LogP contribution in [-0.4, -0.2) is 15.7 Å². The smallest absolute Gasteiger partial charge is 0.194 e. The molecule has 24 heavy (non-hydrogen) atoms. The van der Waals surface area contributed by atoms with Crippen LogP contribution in [0, 0.1) is 0 Å². The van der Waals surface area contributed by atoms with Crippen molar-refractivity contribution in [2.75, 3.05) is 0 Å². The molecule has 0 N–H and O–H groups in total. The third kappa shape index (κ3) is 2.76. The molecule has 0 fully saturated rings. The van der Waals surface area contributed by atoms with Gasteiger partial charge in [-0.15, -0.1) is 11.3 Å². The molecule has 0 saturated heterocycles. The summed E-state index contributed by atoms with van der Waals surface area (Å²) < 4.78 is 1.84. The Kier molecular flexibility index (Phi) is 3.97. The highest BCUT2D eigenvalue weighted by Crippen LogP contribution is 2.26. The number of aromatic nitrogens is 2. The molecule has 3 nitrogen and oxygen atoms in total. The summed E-state index contributed by atoms with van der Waals surface area (Å²) in [5.41, 5.74) is 4.99. The summed E-state index contributed by atoms with van der Waals surface area (Å²) in [5.74, 6) is 0. The van der Waals surface area contributed by atoms with Crippen molar-refractivity contribution in [3.05, 3.63) is 83.0 Å². The van der Waals surface area contributed by atoms with E-state index in [2.05, 4.69) is 53.5 Å². The molecule has 0 aliphatic rings. The zero-order valence-electron chi connectivity index (χ0n) is 13.1. The molecule has 0 aliphatic heterocycles. The first-order chi connectivity index (χ1) is 11.8. The molecule has 0 bridgehead atoms. The van der Waals surface area contributed by atoms with Gasteiger partial charge in [0, 0.05) is 17.1 Å². The van der Waals surface area contributed by atoms with Gasteiger partial charge in [0.1, 0.15) is 11.4 Å². The predicted octanol–water partition coefficient (Wildman–Crippen LogP) is 4.66. The minimum atomic E-state index is 0.614. The summed E-state index contributed by atoms with van der Waals surface area (Å²) in [6.45, 7) is 0. The number of carbonyl (C=O) groups excluding carboxylic acids is 1. The highest BCUT2D eigenvalue weighted by Gasteiger charge is 2.13. The minimum Gasteiger partial charge on any atom is -0.296 e. The Morgan fingerprint density at radius 3 is 2.38 bits per heavy atom. The van der Waals surface area contributed by atoms with Gasteiger partial charge < -0.3 is 0 Å². The number of aldehydes is 1. The zero-order chi connectivity index (χ0) is 16.4. The van der Waals surface area contributed by atoms with Gasteiger partial charge in [-0.2, -0.15) is 0 Å². The number of nitrogens with zero attached hydrogens (tertiary/aromatic N) is 2. The average molecular weight is 332 g/mol. The summed E-state index contributed by atoms with van der Waals surface area (Å²) in [6.07, 6.45) is 4.79. The van der Waals surface area contributed by atoms with Crippen LogP contribution in [0.25, 0.3) is 16.2 Å². The molecule has 4 rings (SSSR count). The molecule has 0 spiro atoms. The number of carbonyl (C=O) groups is 1. The monoisotopic (exact) mass is 332 g/mol. The van der Waals surface area contributed by atoms with Gasteiger partial charge in [-0.1, -0.05) is 54.6 Å². The van der Waals surface area contributed by atoms with E-state index in [9.17, 15) is 4.79 Å². The first kappa shape index (κ1) is 14.8. The Labute approximate surface area is 144 Å². The van der Waals surface area contributed by atoms with Crippen molar-refractivity contribution in [2.45, 2.75) is 12.8 Å².